The number of hydrogen-bond donors (Lipinski definition) is 1. The number of aliphatic hydroxyl groups excluding tert-OH is 1. The summed E-state index contributed by atoms with van der Waals surface area (Å²) < 4.78 is 5.46. The Kier molecular flexibility index (Phi) is 4.56. The van der Waals surface area contributed by atoms with E-state index in [2.05, 4.69) is 0 Å². The number of rotatable bonds is 4. The van der Waals surface area contributed by atoms with Crippen molar-refractivity contribution in [2.24, 2.45) is 0 Å². The van der Waals surface area contributed by atoms with Crippen LogP contribution in [-0.2, 0) is 9.53 Å². The van der Waals surface area contributed by atoms with Crippen LogP contribution in [0.3, 0.4) is 0 Å². The third-order valence-electron chi connectivity index (χ3n) is 2.77. The normalized spacial score (nSPS) is 11.4. The van der Waals surface area contributed by atoms with E-state index >= 15 is 0 Å². The zero-order valence-electron chi connectivity index (χ0n) is 11.2. The van der Waals surface area contributed by atoms with Crippen LogP contribution >= 0.6 is 0 Å². The number of ether oxygens (including phenoxy) is 1. The molecule has 3 nitrogen and oxygen atoms in total. The third kappa shape index (κ3) is 3.72. The number of carbonyl (C=O) groups excluding carboxylic acids is 1. The van der Waals surface area contributed by atoms with Gasteiger partial charge in [-0.25, -0.2) is 4.79 Å². The summed E-state index contributed by atoms with van der Waals surface area (Å²) in [6, 6.07) is 19.0. The summed E-state index contributed by atoms with van der Waals surface area (Å²) in [5.74, 6) is -0.641. The molecular weight excluding hydrogens is 252 g/mol. The lowest BCUT2D eigenvalue weighted by Gasteiger charge is -2.18. The Morgan fingerprint density at radius 2 is 1.45 bits per heavy atom. The molecule has 0 bridgehead atoms. The molecule has 2 aromatic rings. The summed E-state index contributed by atoms with van der Waals surface area (Å²) in [5.41, 5.74) is 1.77. The van der Waals surface area contributed by atoms with Crippen LogP contribution in [0, 0.1) is 0 Å². The molecule has 0 heterocycles. The number of esters is 1. The van der Waals surface area contributed by atoms with E-state index in [1.54, 1.807) is 0 Å². The Morgan fingerprint density at radius 1 is 1.00 bits per heavy atom. The summed E-state index contributed by atoms with van der Waals surface area (Å²) in [6.45, 7) is 1.43. The second-order valence-corrected chi connectivity index (χ2v) is 4.42. The van der Waals surface area contributed by atoms with Crippen LogP contribution in [0.4, 0.5) is 0 Å². The molecular formula is C17H16O3. The lowest BCUT2D eigenvalue weighted by molar-refractivity contribution is -0.141. The van der Waals surface area contributed by atoms with Crippen LogP contribution in [0.5, 0.6) is 0 Å². The molecule has 0 spiro atoms. The van der Waals surface area contributed by atoms with E-state index < -0.39 is 12.1 Å². The third-order valence-corrected chi connectivity index (χ3v) is 2.77. The molecule has 0 aliphatic rings. The van der Waals surface area contributed by atoms with E-state index in [-0.39, 0.29) is 5.76 Å². The molecule has 2 aromatic carbocycles. The van der Waals surface area contributed by atoms with E-state index in [4.69, 9.17) is 9.84 Å². The molecule has 0 amide bonds. The first-order valence-corrected chi connectivity index (χ1v) is 6.34. The largest absolute Gasteiger partial charge is 0.512 e. The van der Waals surface area contributed by atoms with Crippen molar-refractivity contribution in [2.75, 3.05) is 0 Å². The summed E-state index contributed by atoms with van der Waals surface area (Å²) in [7, 11) is 0. The molecule has 102 valence electrons. The molecule has 0 fully saturated rings. The number of aliphatic hydroxyl groups is 1. The SMILES string of the molecule is CC(O)=CC(=O)OC(c1ccccc1)c1ccccc1. The van der Waals surface area contributed by atoms with Crippen LogP contribution < -0.4 is 0 Å². The Hall–Kier alpha value is -2.55. The molecule has 0 radical (unpaired) electrons. The van der Waals surface area contributed by atoms with Gasteiger partial charge >= 0.3 is 5.97 Å². The smallest absolute Gasteiger partial charge is 0.335 e. The molecule has 0 aliphatic carbocycles. The van der Waals surface area contributed by atoms with E-state index in [1.807, 2.05) is 60.7 Å². The minimum atomic E-state index is -0.567. The molecule has 0 aliphatic heterocycles. The predicted octanol–water partition coefficient (Wildman–Crippen LogP) is 3.78. The molecule has 0 atom stereocenters. The second-order valence-electron chi connectivity index (χ2n) is 4.42. The highest BCUT2D eigenvalue weighted by molar-refractivity contribution is 5.82. The highest BCUT2D eigenvalue weighted by Gasteiger charge is 2.17. The maximum Gasteiger partial charge on any atom is 0.335 e. The fourth-order valence-electron chi connectivity index (χ4n) is 1.90. The summed E-state index contributed by atoms with van der Waals surface area (Å²) in [4.78, 5) is 11.8. The van der Waals surface area contributed by atoms with Gasteiger partial charge in [0.2, 0.25) is 0 Å². The summed E-state index contributed by atoms with van der Waals surface area (Å²) >= 11 is 0. The van der Waals surface area contributed by atoms with Crippen LogP contribution in [0.15, 0.2) is 72.5 Å². The monoisotopic (exact) mass is 268 g/mol. The zero-order chi connectivity index (χ0) is 14.4. The second kappa shape index (κ2) is 6.57. The molecule has 0 aromatic heterocycles. The minimum absolute atomic E-state index is 0.0742. The number of hydrogen-bond acceptors (Lipinski definition) is 3. The molecule has 20 heavy (non-hydrogen) atoms. The Balaban J connectivity index is 2.31. The lowest BCUT2D eigenvalue weighted by Crippen LogP contribution is -2.11. The summed E-state index contributed by atoms with van der Waals surface area (Å²) in [6.07, 6.45) is 0.583. The van der Waals surface area contributed by atoms with E-state index in [0.29, 0.717) is 0 Å². The van der Waals surface area contributed by atoms with Crippen LogP contribution in [-0.4, -0.2) is 11.1 Å². The molecule has 1 N–H and O–H groups in total. The average Bonchev–Trinajstić information content (AvgIpc) is 2.46. The van der Waals surface area contributed by atoms with Gasteiger partial charge in [0.25, 0.3) is 0 Å². The van der Waals surface area contributed by atoms with Gasteiger partial charge < -0.3 is 9.84 Å². The van der Waals surface area contributed by atoms with Crippen molar-refractivity contribution in [1.82, 2.24) is 0 Å². The van der Waals surface area contributed by atoms with Crippen LogP contribution in [0.2, 0.25) is 0 Å². The van der Waals surface area contributed by atoms with Gasteiger partial charge in [0.05, 0.1) is 11.8 Å². The molecule has 0 unspecified atom stereocenters. The first-order chi connectivity index (χ1) is 9.66. The molecule has 0 saturated carbocycles. The highest BCUT2D eigenvalue weighted by Crippen LogP contribution is 2.26. The van der Waals surface area contributed by atoms with Crippen molar-refractivity contribution in [1.29, 1.82) is 0 Å². The first-order valence-electron chi connectivity index (χ1n) is 6.34. The molecule has 3 heteroatoms. The van der Waals surface area contributed by atoms with Gasteiger partial charge in [0, 0.05) is 0 Å². The Bertz CT molecular complexity index is 545. The lowest BCUT2D eigenvalue weighted by atomic mass is 10.0. The van der Waals surface area contributed by atoms with Gasteiger partial charge in [0.15, 0.2) is 6.10 Å². The average molecular weight is 268 g/mol. The van der Waals surface area contributed by atoms with Crippen LogP contribution in [0.25, 0.3) is 0 Å². The predicted molar refractivity (Wildman–Crippen MR) is 77.2 cm³/mol. The van der Waals surface area contributed by atoms with Crippen LogP contribution in [0.1, 0.15) is 24.2 Å². The minimum Gasteiger partial charge on any atom is -0.512 e. The van der Waals surface area contributed by atoms with E-state index in [9.17, 15) is 4.79 Å². The Labute approximate surface area is 118 Å². The van der Waals surface area contributed by atoms with E-state index in [1.165, 1.54) is 6.92 Å². The maximum atomic E-state index is 11.8. The van der Waals surface area contributed by atoms with Gasteiger partial charge in [-0.3, -0.25) is 0 Å². The van der Waals surface area contributed by atoms with Gasteiger partial charge in [-0.1, -0.05) is 60.7 Å². The standard InChI is InChI=1S/C17H16O3/c1-13(18)12-16(19)20-17(14-8-4-2-5-9-14)15-10-6-3-7-11-15/h2-12,17-18H,1H3. The van der Waals surface area contributed by atoms with Gasteiger partial charge in [-0.05, 0) is 18.1 Å². The number of carbonyl (C=O) groups is 1. The van der Waals surface area contributed by atoms with Crippen molar-refractivity contribution in [3.63, 3.8) is 0 Å². The first kappa shape index (κ1) is 13.9. The quantitative estimate of drug-likeness (QED) is 0.521. The van der Waals surface area contributed by atoms with Crippen molar-refractivity contribution >= 4 is 5.97 Å². The molecule has 2 rings (SSSR count). The topological polar surface area (TPSA) is 46.5 Å². The van der Waals surface area contributed by atoms with E-state index in [0.717, 1.165) is 17.2 Å². The fraction of sp³-hybridized carbons (Fsp3) is 0.118. The highest BCUT2D eigenvalue weighted by atomic mass is 16.5. The van der Waals surface area contributed by atoms with Crippen molar-refractivity contribution in [3.8, 4) is 0 Å². The zero-order valence-corrected chi connectivity index (χ0v) is 11.2. The maximum absolute atomic E-state index is 11.8. The van der Waals surface area contributed by atoms with Gasteiger partial charge in [0.1, 0.15) is 0 Å². The van der Waals surface area contributed by atoms with Crippen molar-refractivity contribution in [2.45, 2.75) is 13.0 Å². The van der Waals surface area contributed by atoms with Crippen molar-refractivity contribution < 1.29 is 14.6 Å². The fourth-order valence-corrected chi connectivity index (χ4v) is 1.90. The van der Waals surface area contributed by atoms with Gasteiger partial charge in [-0.15, -0.1) is 0 Å². The molecule has 0 saturated heterocycles. The Morgan fingerprint density at radius 3 is 1.85 bits per heavy atom. The van der Waals surface area contributed by atoms with Gasteiger partial charge in [-0.2, -0.15) is 0 Å². The summed E-state index contributed by atoms with van der Waals surface area (Å²) in [5, 5.41) is 9.14. The number of allylic oxidation sites excluding steroid dienone is 1. The number of benzene rings is 2. The van der Waals surface area contributed by atoms with Crippen molar-refractivity contribution in [3.05, 3.63) is 83.6 Å².